The number of morpholine rings is 1. The lowest BCUT2D eigenvalue weighted by atomic mass is 10.1. The Labute approximate surface area is 142 Å². The molecule has 0 bridgehead atoms. The molecule has 5 nitrogen and oxygen atoms in total. The van der Waals surface area contributed by atoms with Gasteiger partial charge in [0.2, 0.25) is 5.91 Å². The topological polar surface area (TPSA) is 50.8 Å². The van der Waals surface area contributed by atoms with Gasteiger partial charge < -0.3 is 19.7 Å². The van der Waals surface area contributed by atoms with Gasteiger partial charge in [-0.15, -0.1) is 0 Å². The highest BCUT2D eigenvalue weighted by molar-refractivity contribution is 5.95. The Morgan fingerprint density at radius 3 is 2.75 bits per heavy atom. The van der Waals surface area contributed by atoms with Crippen LogP contribution in [-0.2, 0) is 16.0 Å². The Hall–Kier alpha value is -2.53. The first-order valence-corrected chi connectivity index (χ1v) is 8.11. The molecule has 0 radical (unpaired) electrons. The molecule has 24 heavy (non-hydrogen) atoms. The Bertz CT molecular complexity index is 697. The summed E-state index contributed by atoms with van der Waals surface area (Å²) in [6, 6.07) is 15.5. The summed E-state index contributed by atoms with van der Waals surface area (Å²) in [4.78, 5) is 14.7. The van der Waals surface area contributed by atoms with Gasteiger partial charge in [-0.25, -0.2) is 0 Å². The minimum absolute atomic E-state index is 0.0380. The van der Waals surface area contributed by atoms with Crippen molar-refractivity contribution >= 4 is 17.3 Å². The maximum absolute atomic E-state index is 12.4. The first-order chi connectivity index (χ1) is 11.8. The molecular formula is C19H22N2O3. The number of hydrogen-bond acceptors (Lipinski definition) is 4. The predicted octanol–water partition coefficient (Wildman–Crippen LogP) is 2.71. The van der Waals surface area contributed by atoms with Crippen LogP contribution in [0.3, 0.4) is 0 Å². The Balaban J connectivity index is 1.70. The van der Waals surface area contributed by atoms with Gasteiger partial charge in [0.25, 0.3) is 0 Å². The second-order valence-corrected chi connectivity index (χ2v) is 5.69. The number of hydrogen-bond donors (Lipinski definition) is 1. The molecule has 1 fully saturated rings. The van der Waals surface area contributed by atoms with E-state index in [0.29, 0.717) is 19.6 Å². The Morgan fingerprint density at radius 2 is 1.96 bits per heavy atom. The molecule has 1 aliphatic heterocycles. The summed E-state index contributed by atoms with van der Waals surface area (Å²) in [7, 11) is 1.62. The molecule has 0 spiro atoms. The number of para-hydroxylation sites is 2. The van der Waals surface area contributed by atoms with E-state index in [4.69, 9.17) is 9.47 Å². The van der Waals surface area contributed by atoms with Gasteiger partial charge in [0, 0.05) is 13.1 Å². The molecule has 0 saturated carbocycles. The van der Waals surface area contributed by atoms with Crippen LogP contribution in [0.1, 0.15) is 5.56 Å². The van der Waals surface area contributed by atoms with Crippen molar-refractivity contribution in [1.29, 1.82) is 0 Å². The van der Waals surface area contributed by atoms with Crippen LogP contribution >= 0.6 is 0 Å². The van der Waals surface area contributed by atoms with E-state index in [1.807, 2.05) is 48.5 Å². The van der Waals surface area contributed by atoms with Crippen molar-refractivity contribution in [2.45, 2.75) is 6.42 Å². The summed E-state index contributed by atoms with van der Waals surface area (Å²) in [5, 5.41) is 3.03. The molecule has 1 amide bonds. The molecule has 2 aromatic carbocycles. The van der Waals surface area contributed by atoms with Crippen LogP contribution in [-0.4, -0.2) is 39.3 Å². The molecule has 126 valence electrons. The van der Waals surface area contributed by atoms with Crippen molar-refractivity contribution in [2.24, 2.45) is 0 Å². The molecule has 1 N–H and O–H groups in total. The van der Waals surface area contributed by atoms with Crippen molar-refractivity contribution in [2.75, 3.05) is 43.6 Å². The molecule has 2 aromatic rings. The average molecular weight is 326 g/mol. The highest BCUT2D eigenvalue weighted by Gasteiger charge is 2.15. The molecule has 0 aromatic heterocycles. The third kappa shape index (κ3) is 4.06. The predicted molar refractivity (Wildman–Crippen MR) is 94.8 cm³/mol. The van der Waals surface area contributed by atoms with Gasteiger partial charge in [0.1, 0.15) is 5.75 Å². The summed E-state index contributed by atoms with van der Waals surface area (Å²) in [5.41, 5.74) is 2.81. The van der Waals surface area contributed by atoms with E-state index < -0.39 is 0 Å². The zero-order chi connectivity index (χ0) is 16.8. The monoisotopic (exact) mass is 326 g/mol. The first kappa shape index (κ1) is 16.3. The van der Waals surface area contributed by atoms with Gasteiger partial charge in [0.15, 0.2) is 0 Å². The zero-order valence-electron chi connectivity index (χ0n) is 13.8. The molecule has 0 unspecified atom stereocenters. The van der Waals surface area contributed by atoms with Crippen molar-refractivity contribution in [3.05, 3.63) is 54.1 Å². The lowest BCUT2D eigenvalue weighted by Gasteiger charge is -2.30. The fraction of sp³-hybridized carbons (Fsp3) is 0.316. The van der Waals surface area contributed by atoms with Crippen molar-refractivity contribution in [3.8, 4) is 5.75 Å². The minimum atomic E-state index is -0.0380. The Morgan fingerprint density at radius 1 is 1.17 bits per heavy atom. The smallest absolute Gasteiger partial charge is 0.228 e. The van der Waals surface area contributed by atoms with Crippen LogP contribution in [0.25, 0.3) is 0 Å². The van der Waals surface area contributed by atoms with E-state index in [0.717, 1.165) is 35.8 Å². The van der Waals surface area contributed by atoms with E-state index in [1.54, 1.807) is 7.11 Å². The van der Waals surface area contributed by atoms with Gasteiger partial charge in [-0.2, -0.15) is 0 Å². The van der Waals surface area contributed by atoms with E-state index in [2.05, 4.69) is 10.2 Å². The third-order valence-electron chi connectivity index (χ3n) is 4.03. The quantitative estimate of drug-likeness (QED) is 0.918. The van der Waals surface area contributed by atoms with Crippen molar-refractivity contribution in [1.82, 2.24) is 0 Å². The Kier molecular flexibility index (Phi) is 5.33. The first-order valence-electron chi connectivity index (χ1n) is 8.11. The van der Waals surface area contributed by atoms with E-state index >= 15 is 0 Å². The largest absolute Gasteiger partial charge is 0.497 e. The highest BCUT2D eigenvalue weighted by Crippen LogP contribution is 2.26. The van der Waals surface area contributed by atoms with Gasteiger partial charge >= 0.3 is 0 Å². The summed E-state index contributed by atoms with van der Waals surface area (Å²) in [6.07, 6.45) is 0.314. The maximum Gasteiger partial charge on any atom is 0.228 e. The lowest BCUT2D eigenvalue weighted by molar-refractivity contribution is -0.115. The second kappa shape index (κ2) is 7.84. The number of carbonyl (C=O) groups excluding carboxylic acids is 1. The zero-order valence-corrected chi connectivity index (χ0v) is 13.8. The van der Waals surface area contributed by atoms with Crippen LogP contribution in [0.4, 0.5) is 11.4 Å². The van der Waals surface area contributed by atoms with E-state index in [1.165, 1.54) is 0 Å². The van der Waals surface area contributed by atoms with Crippen LogP contribution in [0.2, 0.25) is 0 Å². The standard InChI is InChI=1S/C19H22N2O3/c1-23-16-6-4-5-15(13-16)14-19(22)20-17-7-2-3-8-18(17)21-9-11-24-12-10-21/h2-8,13H,9-12,14H2,1H3,(H,20,22). The number of benzene rings is 2. The summed E-state index contributed by atoms with van der Waals surface area (Å²) in [5.74, 6) is 0.720. The van der Waals surface area contributed by atoms with E-state index in [9.17, 15) is 4.79 Å². The molecule has 1 heterocycles. The summed E-state index contributed by atoms with van der Waals surface area (Å²) < 4.78 is 10.6. The number of nitrogens with one attached hydrogen (secondary N) is 1. The number of carbonyl (C=O) groups is 1. The molecule has 1 aliphatic rings. The molecular weight excluding hydrogens is 304 g/mol. The third-order valence-corrected chi connectivity index (χ3v) is 4.03. The SMILES string of the molecule is COc1cccc(CC(=O)Nc2ccccc2N2CCOCC2)c1. The number of nitrogens with zero attached hydrogens (tertiary/aromatic N) is 1. The maximum atomic E-state index is 12.4. The number of methoxy groups -OCH3 is 1. The van der Waals surface area contributed by atoms with Crippen LogP contribution < -0.4 is 15.0 Å². The normalized spacial score (nSPS) is 14.3. The van der Waals surface area contributed by atoms with E-state index in [-0.39, 0.29) is 5.91 Å². The molecule has 5 heteroatoms. The van der Waals surface area contributed by atoms with Gasteiger partial charge in [-0.3, -0.25) is 4.79 Å². The number of rotatable bonds is 5. The molecule has 3 rings (SSSR count). The van der Waals surface area contributed by atoms with Gasteiger partial charge in [-0.1, -0.05) is 24.3 Å². The number of ether oxygens (including phenoxy) is 2. The number of anilines is 2. The average Bonchev–Trinajstić information content (AvgIpc) is 2.63. The van der Waals surface area contributed by atoms with Crippen LogP contribution in [0, 0.1) is 0 Å². The second-order valence-electron chi connectivity index (χ2n) is 5.69. The number of amides is 1. The van der Waals surface area contributed by atoms with Crippen molar-refractivity contribution < 1.29 is 14.3 Å². The molecule has 0 aliphatic carbocycles. The fourth-order valence-electron chi connectivity index (χ4n) is 2.82. The van der Waals surface area contributed by atoms with Gasteiger partial charge in [-0.05, 0) is 29.8 Å². The molecule has 1 saturated heterocycles. The fourth-order valence-corrected chi connectivity index (χ4v) is 2.82. The van der Waals surface area contributed by atoms with Crippen molar-refractivity contribution in [3.63, 3.8) is 0 Å². The summed E-state index contributed by atoms with van der Waals surface area (Å²) in [6.45, 7) is 3.10. The van der Waals surface area contributed by atoms with Crippen LogP contribution in [0.15, 0.2) is 48.5 Å². The van der Waals surface area contributed by atoms with Gasteiger partial charge in [0.05, 0.1) is 38.1 Å². The lowest BCUT2D eigenvalue weighted by Crippen LogP contribution is -2.36. The molecule has 0 atom stereocenters. The minimum Gasteiger partial charge on any atom is -0.497 e. The summed E-state index contributed by atoms with van der Waals surface area (Å²) >= 11 is 0. The van der Waals surface area contributed by atoms with Crippen LogP contribution in [0.5, 0.6) is 5.75 Å². The highest BCUT2D eigenvalue weighted by atomic mass is 16.5.